The number of hydrogen-bond acceptors (Lipinski definition) is 4. The highest BCUT2D eigenvalue weighted by Gasteiger charge is 2.32. The van der Waals surface area contributed by atoms with E-state index in [2.05, 4.69) is 0 Å². The van der Waals surface area contributed by atoms with E-state index >= 15 is 0 Å². The van der Waals surface area contributed by atoms with E-state index in [9.17, 15) is 4.79 Å². The summed E-state index contributed by atoms with van der Waals surface area (Å²) in [5.74, 6) is -0.156. The Kier molecular flexibility index (Phi) is 2.88. The number of ketones is 1. The molecule has 1 aliphatic rings. The second-order valence-corrected chi connectivity index (χ2v) is 4.99. The molecule has 2 unspecified atom stereocenters. The average molecular weight is 232 g/mol. The van der Waals surface area contributed by atoms with E-state index < -0.39 is 0 Å². The largest absolute Gasteiger partial charge is 0.379 e. The predicted octanol–water partition coefficient (Wildman–Crippen LogP) is 1.56. The van der Waals surface area contributed by atoms with E-state index in [1.807, 2.05) is 0 Å². The summed E-state index contributed by atoms with van der Waals surface area (Å²) >= 11 is 7.04. The maximum Gasteiger partial charge on any atom is 0.179 e. The highest BCUT2D eigenvalue weighted by atomic mass is 35.5. The predicted molar refractivity (Wildman–Crippen MR) is 55.9 cm³/mol. The Bertz CT molecular complexity index is 352. The zero-order valence-electron chi connectivity index (χ0n) is 7.40. The monoisotopic (exact) mass is 231 g/mol. The lowest BCUT2D eigenvalue weighted by molar-refractivity contribution is 0.0900. The fourth-order valence-electron chi connectivity index (χ4n) is 1.47. The molecule has 3 nitrogen and oxygen atoms in total. The molecule has 0 radical (unpaired) electrons. The number of Topliss-reactive ketones (excluding diaryl/α,β-unsaturated/α-hetero) is 1. The molecule has 1 aromatic heterocycles. The number of carbonyl (C=O) groups is 1. The number of hydrogen-bond donors (Lipinski definition) is 1. The van der Waals surface area contributed by atoms with Crippen LogP contribution in [0.3, 0.4) is 0 Å². The molecule has 1 aliphatic heterocycles. The summed E-state index contributed by atoms with van der Waals surface area (Å²) < 4.78 is 5.77. The minimum Gasteiger partial charge on any atom is -0.379 e. The van der Waals surface area contributed by atoms with Gasteiger partial charge in [0.25, 0.3) is 0 Å². The molecule has 0 aromatic carbocycles. The van der Waals surface area contributed by atoms with Crippen molar-refractivity contribution in [2.24, 2.45) is 11.7 Å². The van der Waals surface area contributed by atoms with E-state index in [1.54, 1.807) is 12.1 Å². The Morgan fingerprint density at radius 3 is 2.86 bits per heavy atom. The van der Waals surface area contributed by atoms with Gasteiger partial charge in [0.05, 0.1) is 28.3 Å². The zero-order valence-corrected chi connectivity index (χ0v) is 8.98. The van der Waals surface area contributed by atoms with Crippen molar-refractivity contribution in [3.8, 4) is 0 Å². The topological polar surface area (TPSA) is 52.3 Å². The molecule has 2 atom stereocenters. The third kappa shape index (κ3) is 1.83. The quantitative estimate of drug-likeness (QED) is 0.786. The Labute approximate surface area is 90.8 Å². The summed E-state index contributed by atoms with van der Waals surface area (Å²) in [7, 11) is 0. The van der Waals surface area contributed by atoms with Crippen LogP contribution in [0.25, 0.3) is 0 Å². The smallest absolute Gasteiger partial charge is 0.179 e. The molecular weight excluding hydrogens is 222 g/mol. The molecule has 5 heteroatoms. The molecule has 2 heterocycles. The van der Waals surface area contributed by atoms with Crippen molar-refractivity contribution in [3.05, 3.63) is 21.3 Å². The summed E-state index contributed by atoms with van der Waals surface area (Å²) in [6.07, 6.45) is 0. The summed E-state index contributed by atoms with van der Waals surface area (Å²) in [6.45, 7) is 0.894. The Morgan fingerprint density at radius 1 is 1.57 bits per heavy atom. The molecular formula is C9H10ClNO2S. The van der Waals surface area contributed by atoms with Crippen LogP contribution in [0.5, 0.6) is 0 Å². The number of halogens is 1. The summed E-state index contributed by atoms with van der Waals surface area (Å²) in [5.41, 5.74) is 5.75. The van der Waals surface area contributed by atoms with Crippen LogP contribution in [0.2, 0.25) is 4.34 Å². The van der Waals surface area contributed by atoms with Gasteiger partial charge in [0.15, 0.2) is 5.78 Å². The van der Waals surface area contributed by atoms with Gasteiger partial charge >= 0.3 is 0 Å². The fourth-order valence-corrected chi connectivity index (χ4v) is 2.52. The van der Waals surface area contributed by atoms with Gasteiger partial charge < -0.3 is 10.5 Å². The molecule has 2 rings (SSSR count). The minimum absolute atomic E-state index is 0.0481. The van der Waals surface area contributed by atoms with E-state index in [4.69, 9.17) is 22.1 Å². The van der Waals surface area contributed by atoms with Gasteiger partial charge in [-0.25, -0.2) is 0 Å². The van der Waals surface area contributed by atoms with Crippen LogP contribution in [0, 0.1) is 5.92 Å². The maximum absolute atomic E-state index is 11.9. The van der Waals surface area contributed by atoms with Crippen LogP contribution in [0.1, 0.15) is 9.67 Å². The lowest BCUT2D eigenvalue weighted by Gasteiger charge is -2.09. The SMILES string of the molecule is NC1COCC1C(=O)c1ccc(Cl)s1. The van der Waals surface area contributed by atoms with Gasteiger partial charge in [0, 0.05) is 6.04 Å². The van der Waals surface area contributed by atoms with Crippen molar-refractivity contribution in [1.82, 2.24) is 0 Å². The van der Waals surface area contributed by atoms with Gasteiger partial charge in [-0.15, -0.1) is 11.3 Å². The van der Waals surface area contributed by atoms with Gasteiger partial charge in [0.2, 0.25) is 0 Å². The first-order valence-corrected chi connectivity index (χ1v) is 5.51. The first kappa shape index (κ1) is 10.1. The van der Waals surface area contributed by atoms with Crippen LogP contribution in [-0.4, -0.2) is 25.0 Å². The third-order valence-corrected chi connectivity index (χ3v) is 3.52. The third-order valence-electron chi connectivity index (χ3n) is 2.28. The van der Waals surface area contributed by atoms with Crippen LogP contribution in [0.4, 0.5) is 0 Å². The first-order valence-electron chi connectivity index (χ1n) is 4.31. The van der Waals surface area contributed by atoms with Gasteiger partial charge in [-0.05, 0) is 12.1 Å². The molecule has 1 fully saturated rings. The molecule has 0 amide bonds. The first-order chi connectivity index (χ1) is 6.68. The van der Waals surface area contributed by atoms with Gasteiger partial charge in [0.1, 0.15) is 0 Å². The van der Waals surface area contributed by atoms with Crippen molar-refractivity contribution in [1.29, 1.82) is 0 Å². The zero-order chi connectivity index (χ0) is 10.1. The molecule has 0 saturated carbocycles. The fraction of sp³-hybridized carbons (Fsp3) is 0.444. The second-order valence-electron chi connectivity index (χ2n) is 3.28. The lowest BCUT2D eigenvalue weighted by Crippen LogP contribution is -2.33. The number of thiophene rings is 1. The second kappa shape index (κ2) is 3.98. The van der Waals surface area contributed by atoms with E-state index in [0.29, 0.717) is 22.4 Å². The Morgan fingerprint density at radius 2 is 2.36 bits per heavy atom. The summed E-state index contributed by atoms with van der Waals surface area (Å²) in [5, 5.41) is 0. The highest BCUT2D eigenvalue weighted by Crippen LogP contribution is 2.26. The van der Waals surface area contributed by atoms with Crippen LogP contribution >= 0.6 is 22.9 Å². The standard InChI is InChI=1S/C9H10ClNO2S/c10-8-2-1-7(14-8)9(12)5-3-13-4-6(5)11/h1-2,5-6H,3-4,11H2. The molecule has 2 N–H and O–H groups in total. The van der Waals surface area contributed by atoms with E-state index in [-0.39, 0.29) is 17.7 Å². The average Bonchev–Trinajstić information content (AvgIpc) is 2.73. The van der Waals surface area contributed by atoms with Gasteiger partial charge in [-0.2, -0.15) is 0 Å². The molecule has 14 heavy (non-hydrogen) atoms. The number of carbonyl (C=O) groups excluding carboxylic acids is 1. The van der Waals surface area contributed by atoms with Crippen LogP contribution in [0.15, 0.2) is 12.1 Å². The lowest BCUT2D eigenvalue weighted by atomic mass is 9.98. The van der Waals surface area contributed by atoms with Crippen molar-refractivity contribution in [3.63, 3.8) is 0 Å². The minimum atomic E-state index is -0.204. The van der Waals surface area contributed by atoms with Gasteiger partial charge in [-0.3, -0.25) is 4.79 Å². The number of rotatable bonds is 2. The molecule has 1 saturated heterocycles. The molecule has 0 spiro atoms. The maximum atomic E-state index is 11.9. The van der Waals surface area contributed by atoms with Crippen LogP contribution in [-0.2, 0) is 4.74 Å². The Hall–Kier alpha value is -0.420. The van der Waals surface area contributed by atoms with Gasteiger partial charge in [-0.1, -0.05) is 11.6 Å². The number of ether oxygens (including phenoxy) is 1. The summed E-state index contributed by atoms with van der Waals surface area (Å²) in [6, 6.07) is 3.28. The highest BCUT2D eigenvalue weighted by molar-refractivity contribution is 7.18. The van der Waals surface area contributed by atoms with Crippen molar-refractivity contribution in [2.75, 3.05) is 13.2 Å². The van der Waals surface area contributed by atoms with Crippen molar-refractivity contribution >= 4 is 28.7 Å². The van der Waals surface area contributed by atoms with E-state index in [1.165, 1.54) is 11.3 Å². The molecule has 0 bridgehead atoms. The van der Waals surface area contributed by atoms with Crippen molar-refractivity contribution in [2.45, 2.75) is 6.04 Å². The van der Waals surface area contributed by atoms with Crippen LogP contribution < -0.4 is 5.73 Å². The number of nitrogens with two attached hydrogens (primary N) is 1. The summed E-state index contributed by atoms with van der Waals surface area (Å²) in [4.78, 5) is 12.5. The Balaban J connectivity index is 2.15. The molecule has 1 aromatic rings. The van der Waals surface area contributed by atoms with E-state index in [0.717, 1.165) is 0 Å². The molecule has 0 aliphatic carbocycles. The normalized spacial score (nSPS) is 26.7. The molecule has 76 valence electrons. The van der Waals surface area contributed by atoms with Crippen molar-refractivity contribution < 1.29 is 9.53 Å².